The summed E-state index contributed by atoms with van der Waals surface area (Å²) in [5.74, 6) is 0.0670. The second-order valence-electron chi connectivity index (χ2n) is 4.97. The second-order valence-corrected chi connectivity index (χ2v) is 4.97. The van der Waals surface area contributed by atoms with Gasteiger partial charge in [0.1, 0.15) is 0 Å². The Balaban J connectivity index is 2.77. The zero-order valence-corrected chi connectivity index (χ0v) is 11.6. The molecule has 1 aliphatic heterocycles. The molecule has 1 rings (SSSR count). The Morgan fingerprint density at radius 3 is 2.37 bits per heavy atom. The number of rotatable bonds is 7. The van der Waals surface area contributed by atoms with E-state index in [0.29, 0.717) is 25.9 Å². The van der Waals surface area contributed by atoms with Gasteiger partial charge in [0.15, 0.2) is 0 Å². The van der Waals surface area contributed by atoms with Crippen LogP contribution in [0.4, 0.5) is 0 Å². The fourth-order valence-corrected chi connectivity index (χ4v) is 2.72. The van der Waals surface area contributed by atoms with Crippen LogP contribution in [-0.4, -0.2) is 36.0 Å². The molecule has 0 aromatic rings. The van der Waals surface area contributed by atoms with E-state index in [1.807, 2.05) is 0 Å². The lowest BCUT2D eigenvalue weighted by atomic mass is 9.90. The number of carbonyl (C=O) groups excluding carboxylic acids is 1. The molecule has 19 heavy (non-hydrogen) atoms. The van der Waals surface area contributed by atoms with Crippen LogP contribution >= 0.6 is 0 Å². The number of hydrogen-bond acceptors (Lipinski definition) is 4. The maximum atomic E-state index is 12.7. The molecule has 1 N–H and O–H groups in total. The molecule has 5 nitrogen and oxygen atoms in total. The molecule has 1 fully saturated rings. The zero-order chi connectivity index (χ0) is 14.1. The predicted octanol–water partition coefficient (Wildman–Crippen LogP) is 1.56. The van der Waals surface area contributed by atoms with E-state index in [-0.39, 0.29) is 5.91 Å². The van der Waals surface area contributed by atoms with Crippen LogP contribution in [0.2, 0.25) is 0 Å². The molecule has 0 radical (unpaired) electrons. The van der Waals surface area contributed by atoms with Gasteiger partial charge in [-0.25, -0.2) is 0 Å². The van der Waals surface area contributed by atoms with Gasteiger partial charge in [0, 0.05) is 13.1 Å². The third-order valence-corrected chi connectivity index (χ3v) is 3.60. The summed E-state index contributed by atoms with van der Waals surface area (Å²) < 4.78 is 0. The largest absolute Gasteiger partial charge is 0.339 e. The third kappa shape index (κ3) is 3.94. The van der Waals surface area contributed by atoms with Crippen molar-refractivity contribution in [2.24, 2.45) is 0 Å². The lowest BCUT2D eigenvalue weighted by molar-refractivity contribution is -0.138. The van der Waals surface area contributed by atoms with Crippen molar-refractivity contribution in [1.82, 2.24) is 10.2 Å². The van der Waals surface area contributed by atoms with E-state index in [9.17, 15) is 4.79 Å². The Kier molecular flexibility index (Phi) is 6.32. The smallest absolute Gasteiger partial charge is 0.242 e. The van der Waals surface area contributed by atoms with Gasteiger partial charge in [0.25, 0.3) is 0 Å². The normalized spacial score (nSPS) is 21.6. The van der Waals surface area contributed by atoms with Crippen molar-refractivity contribution in [1.29, 1.82) is 10.5 Å². The first kappa shape index (κ1) is 15.5. The molecule has 5 heteroatoms. The molecule has 1 unspecified atom stereocenters. The van der Waals surface area contributed by atoms with Gasteiger partial charge < -0.3 is 10.2 Å². The summed E-state index contributed by atoms with van der Waals surface area (Å²) in [7, 11) is 0. The van der Waals surface area contributed by atoms with Crippen LogP contribution in [0, 0.1) is 22.7 Å². The van der Waals surface area contributed by atoms with Gasteiger partial charge >= 0.3 is 0 Å². The molecule has 0 aromatic heterocycles. The molecule has 1 saturated heterocycles. The third-order valence-electron chi connectivity index (χ3n) is 3.60. The number of carbonyl (C=O) groups is 1. The Labute approximate surface area is 115 Å². The van der Waals surface area contributed by atoms with Crippen LogP contribution < -0.4 is 5.32 Å². The standard InChI is InChI=1S/C14H22N4O/c1-2-6-14(7-3-10-17-14)13(19)18(11-4-8-15)12-5-9-16/h17H,2-7,10-12H2,1H3. The van der Waals surface area contributed by atoms with Gasteiger partial charge in [-0.1, -0.05) is 13.3 Å². The average Bonchev–Trinajstić information content (AvgIpc) is 2.88. The van der Waals surface area contributed by atoms with Gasteiger partial charge in [-0.15, -0.1) is 0 Å². The molecule has 104 valence electrons. The maximum Gasteiger partial charge on any atom is 0.242 e. The van der Waals surface area contributed by atoms with Gasteiger partial charge in [0.2, 0.25) is 5.91 Å². The summed E-state index contributed by atoms with van der Waals surface area (Å²) in [4.78, 5) is 14.4. The number of amides is 1. The highest BCUT2D eigenvalue weighted by atomic mass is 16.2. The van der Waals surface area contributed by atoms with Crippen molar-refractivity contribution in [3.63, 3.8) is 0 Å². The fraction of sp³-hybridized carbons (Fsp3) is 0.786. The Bertz CT molecular complexity index is 356. The maximum absolute atomic E-state index is 12.7. The predicted molar refractivity (Wildman–Crippen MR) is 71.9 cm³/mol. The summed E-state index contributed by atoms with van der Waals surface area (Å²) in [5.41, 5.74) is -0.459. The van der Waals surface area contributed by atoms with Crippen molar-refractivity contribution in [3.8, 4) is 12.1 Å². The topological polar surface area (TPSA) is 79.9 Å². The monoisotopic (exact) mass is 262 g/mol. The van der Waals surface area contributed by atoms with Crippen LogP contribution in [0.3, 0.4) is 0 Å². The summed E-state index contributed by atoms with van der Waals surface area (Å²) >= 11 is 0. The van der Waals surface area contributed by atoms with Gasteiger partial charge in [0.05, 0.1) is 30.5 Å². The van der Waals surface area contributed by atoms with Crippen LogP contribution in [0.1, 0.15) is 45.4 Å². The quantitative estimate of drug-likeness (QED) is 0.755. The van der Waals surface area contributed by atoms with Crippen LogP contribution in [-0.2, 0) is 4.79 Å². The summed E-state index contributed by atoms with van der Waals surface area (Å²) in [6, 6.07) is 4.13. The minimum atomic E-state index is -0.459. The van der Waals surface area contributed by atoms with E-state index >= 15 is 0 Å². The Hall–Kier alpha value is -1.59. The van der Waals surface area contributed by atoms with E-state index in [2.05, 4.69) is 24.4 Å². The zero-order valence-electron chi connectivity index (χ0n) is 11.6. The first-order chi connectivity index (χ1) is 9.20. The van der Waals surface area contributed by atoms with Crippen molar-refractivity contribution in [2.75, 3.05) is 19.6 Å². The number of nitrogens with one attached hydrogen (secondary N) is 1. The van der Waals surface area contributed by atoms with Crippen molar-refractivity contribution in [3.05, 3.63) is 0 Å². The average molecular weight is 262 g/mol. The molecule has 1 heterocycles. The summed E-state index contributed by atoms with van der Waals surface area (Å²) in [6.45, 7) is 3.79. The molecular formula is C14H22N4O. The molecule has 0 saturated carbocycles. The SMILES string of the molecule is CCCC1(C(=O)N(CCC#N)CCC#N)CCCN1. The number of nitrogens with zero attached hydrogens (tertiary/aromatic N) is 3. The minimum Gasteiger partial charge on any atom is -0.339 e. The molecule has 1 amide bonds. The molecule has 1 aliphatic rings. The lowest BCUT2D eigenvalue weighted by Gasteiger charge is -2.34. The summed E-state index contributed by atoms with van der Waals surface area (Å²) in [5, 5.41) is 20.7. The van der Waals surface area contributed by atoms with E-state index < -0.39 is 5.54 Å². The highest BCUT2D eigenvalue weighted by Crippen LogP contribution is 2.27. The molecule has 1 atom stereocenters. The molecule has 0 spiro atoms. The lowest BCUT2D eigenvalue weighted by Crippen LogP contribution is -2.55. The second kappa shape index (κ2) is 7.76. The Morgan fingerprint density at radius 1 is 1.32 bits per heavy atom. The first-order valence-corrected chi connectivity index (χ1v) is 6.98. The van der Waals surface area contributed by atoms with Gasteiger partial charge in [-0.05, 0) is 25.8 Å². The van der Waals surface area contributed by atoms with E-state index in [0.717, 1.165) is 32.2 Å². The van der Waals surface area contributed by atoms with Gasteiger partial charge in [-0.2, -0.15) is 10.5 Å². The van der Waals surface area contributed by atoms with Gasteiger partial charge in [-0.3, -0.25) is 4.79 Å². The van der Waals surface area contributed by atoms with E-state index in [1.165, 1.54) is 0 Å². The first-order valence-electron chi connectivity index (χ1n) is 6.98. The minimum absolute atomic E-state index is 0.0670. The fourth-order valence-electron chi connectivity index (χ4n) is 2.72. The Morgan fingerprint density at radius 2 is 1.95 bits per heavy atom. The van der Waals surface area contributed by atoms with Crippen LogP contribution in [0.15, 0.2) is 0 Å². The molecular weight excluding hydrogens is 240 g/mol. The van der Waals surface area contributed by atoms with Crippen molar-refractivity contribution in [2.45, 2.75) is 51.0 Å². The number of hydrogen-bond donors (Lipinski definition) is 1. The van der Waals surface area contributed by atoms with Crippen LogP contribution in [0.5, 0.6) is 0 Å². The summed E-state index contributed by atoms with van der Waals surface area (Å²) in [6.07, 6.45) is 4.27. The van der Waals surface area contributed by atoms with E-state index in [1.54, 1.807) is 4.90 Å². The molecule has 0 aromatic carbocycles. The highest BCUT2D eigenvalue weighted by Gasteiger charge is 2.42. The van der Waals surface area contributed by atoms with Crippen molar-refractivity contribution < 1.29 is 4.79 Å². The van der Waals surface area contributed by atoms with Crippen molar-refractivity contribution >= 4 is 5.91 Å². The van der Waals surface area contributed by atoms with Crippen LogP contribution in [0.25, 0.3) is 0 Å². The van der Waals surface area contributed by atoms with E-state index in [4.69, 9.17) is 10.5 Å². The highest BCUT2D eigenvalue weighted by molar-refractivity contribution is 5.86. The number of nitriles is 2. The molecule has 0 aliphatic carbocycles. The molecule has 0 bridgehead atoms.